The third-order valence-electron chi connectivity index (χ3n) is 3.52. The fraction of sp³-hybridized carbons (Fsp3) is 0.412. The monoisotopic (exact) mass is 348 g/mol. The van der Waals surface area contributed by atoms with E-state index in [1.807, 2.05) is 6.07 Å². The van der Waals surface area contributed by atoms with Crippen molar-refractivity contribution in [3.63, 3.8) is 0 Å². The van der Waals surface area contributed by atoms with Gasteiger partial charge in [-0.3, -0.25) is 14.4 Å². The molecule has 0 unspecified atom stereocenters. The normalized spacial score (nSPS) is 12.5. The third-order valence-corrected chi connectivity index (χ3v) is 3.52. The Bertz CT molecular complexity index is 672. The van der Waals surface area contributed by atoms with Gasteiger partial charge in [0.1, 0.15) is 17.9 Å². The Morgan fingerprint density at radius 2 is 1.92 bits per heavy atom. The summed E-state index contributed by atoms with van der Waals surface area (Å²) in [4.78, 5) is 35.2. The van der Waals surface area contributed by atoms with Crippen molar-refractivity contribution in [3.8, 4) is 6.07 Å². The van der Waals surface area contributed by atoms with E-state index in [2.05, 4.69) is 10.6 Å². The number of amides is 3. The van der Waals surface area contributed by atoms with Crippen LogP contribution in [0.5, 0.6) is 0 Å². The number of nitrogens with two attached hydrogens (primary N) is 1. The average molecular weight is 348 g/mol. The van der Waals surface area contributed by atoms with Crippen molar-refractivity contribution in [1.82, 2.24) is 10.6 Å². The number of nitrogens with zero attached hydrogens (tertiary/aromatic N) is 1. The van der Waals surface area contributed by atoms with E-state index in [1.54, 1.807) is 6.07 Å². The van der Waals surface area contributed by atoms with E-state index >= 15 is 0 Å². The second-order valence-electron chi connectivity index (χ2n) is 5.56. The SMILES string of the molecule is CC(=O)N[C@H](Cc1ccccc1F)C(=O)N[C@H](CCCC#N)C(N)=O. The molecule has 4 N–H and O–H groups in total. The van der Waals surface area contributed by atoms with E-state index in [0.717, 1.165) is 0 Å². The second-order valence-corrected chi connectivity index (χ2v) is 5.56. The predicted octanol–water partition coefficient (Wildman–Crippen LogP) is 0.537. The molecule has 1 aromatic rings. The number of nitriles is 1. The Hall–Kier alpha value is -2.95. The molecular formula is C17H21FN4O3. The van der Waals surface area contributed by atoms with Gasteiger partial charge in [0.05, 0.1) is 6.07 Å². The third kappa shape index (κ3) is 6.99. The first kappa shape index (κ1) is 20.1. The van der Waals surface area contributed by atoms with Gasteiger partial charge >= 0.3 is 0 Å². The molecule has 0 aromatic heterocycles. The summed E-state index contributed by atoms with van der Waals surface area (Å²) in [6.45, 7) is 1.24. The van der Waals surface area contributed by atoms with Crippen LogP contribution in [0.4, 0.5) is 4.39 Å². The van der Waals surface area contributed by atoms with Gasteiger partial charge in [0, 0.05) is 19.8 Å². The summed E-state index contributed by atoms with van der Waals surface area (Å²) >= 11 is 0. The van der Waals surface area contributed by atoms with Crippen LogP contribution in [-0.4, -0.2) is 29.8 Å². The second kappa shape index (κ2) is 10.0. The molecule has 0 fully saturated rings. The minimum atomic E-state index is -1.05. The number of hydrogen-bond acceptors (Lipinski definition) is 4. The van der Waals surface area contributed by atoms with Crippen molar-refractivity contribution >= 4 is 17.7 Å². The largest absolute Gasteiger partial charge is 0.368 e. The Labute approximate surface area is 145 Å². The maximum absolute atomic E-state index is 13.8. The number of halogens is 1. The molecule has 0 heterocycles. The molecule has 0 aliphatic carbocycles. The number of carbonyl (C=O) groups excluding carboxylic acids is 3. The van der Waals surface area contributed by atoms with Crippen LogP contribution in [0.15, 0.2) is 24.3 Å². The maximum atomic E-state index is 13.8. The summed E-state index contributed by atoms with van der Waals surface area (Å²) in [5.41, 5.74) is 5.52. The van der Waals surface area contributed by atoms with E-state index in [0.29, 0.717) is 6.42 Å². The van der Waals surface area contributed by atoms with Crippen molar-refractivity contribution < 1.29 is 18.8 Å². The van der Waals surface area contributed by atoms with Crippen LogP contribution in [0.3, 0.4) is 0 Å². The zero-order chi connectivity index (χ0) is 18.8. The van der Waals surface area contributed by atoms with E-state index < -0.39 is 35.6 Å². The summed E-state index contributed by atoms with van der Waals surface area (Å²) in [6.07, 6.45) is 0.759. The van der Waals surface area contributed by atoms with Gasteiger partial charge in [-0.05, 0) is 24.5 Å². The van der Waals surface area contributed by atoms with Crippen LogP contribution < -0.4 is 16.4 Å². The Balaban J connectivity index is 2.84. The summed E-state index contributed by atoms with van der Waals surface area (Å²) < 4.78 is 13.8. The topological polar surface area (TPSA) is 125 Å². The van der Waals surface area contributed by atoms with Crippen LogP contribution in [0, 0.1) is 17.1 Å². The standard InChI is InChI=1S/C17H21FN4O3/c1-11(23)21-15(10-12-6-2-3-7-13(12)18)17(25)22-14(16(20)24)8-4-5-9-19/h2-3,6-7,14-15H,4-5,8,10H2,1H3,(H2,20,24)(H,21,23)(H,22,25)/t14-,15-/m1/s1. The van der Waals surface area contributed by atoms with Crippen LogP contribution in [0.2, 0.25) is 0 Å². The summed E-state index contributed by atoms with van der Waals surface area (Å²) in [6, 6.07) is 5.83. The zero-order valence-electron chi connectivity index (χ0n) is 13.9. The Morgan fingerprint density at radius 3 is 2.48 bits per heavy atom. The highest BCUT2D eigenvalue weighted by atomic mass is 19.1. The van der Waals surface area contributed by atoms with E-state index in [4.69, 9.17) is 11.0 Å². The number of rotatable bonds is 9. The summed E-state index contributed by atoms with van der Waals surface area (Å²) in [7, 11) is 0. The number of benzene rings is 1. The van der Waals surface area contributed by atoms with Gasteiger partial charge in [0.25, 0.3) is 0 Å². The van der Waals surface area contributed by atoms with Crippen LogP contribution in [0.25, 0.3) is 0 Å². The molecule has 2 atom stereocenters. The quantitative estimate of drug-likeness (QED) is 0.563. The van der Waals surface area contributed by atoms with Gasteiger partial charge in [-0.15, -0.1) is 0 Å². The molecule has 3 amide bonds. The smallest absolute Gasteiger partial charge is 0.243 e. The highest BCUT2D eigenvalue weighted by Crippen LogP contribution is 2.10. The number of hydrogen-bond donors (Lipinski definition) is 3. The zero-order valence-corrected chi connectivity index (χ0v) is 13.9. The van der Waals surface area contributed by atoms with Gasteiger partial charge < -0.3 is 16.4 Å². The molecule has 0 saturated heterocycles. The van der Waals surface area contributed by atoms with Crippen LogP contribution >= 0.6 is 0 Å². The lowest BCUT2D eigenvalue weighted by atomic mass is 10.0. The first-order valence-corrected chi connectivity index (χ1v) is 7.82. The molecule has 8 heteroatoms. The van der Waals surface area contributed by atoms with Crippen LogP contribution in [-0.2, 0) is 20.8 Å². The number of carbonyl (C=O) groups is 3. The molecule has 0 radical (unpaired) electrons. The number of nitrogens with one attached hydrogen (secondary N) is 2. The van der Waals surface area contributed by atoms with Crippen molar-refractivity contribution in [2.24, 2.45) is 5.73 Å². The summed E-state index contributed by atoms with van der Waals surface area (Å²) in [5.74, 6) is -2.33. The predicted molar refractivity (Wildman–Crippen MR) is 88.3 cm³/mol. The fourth-order valence-corrected chi connectivity index (χ4v) is 2.28. The van der Waals surface area contributed by atoms with Gasteiger partial charge in [-0.1, -0.05) is 18.2 Å². The van der Waals surface area contributed by atoms with E-state index in [9.17, 15) is 18.8 Å². The molecule has 0 bridgehead atoms. The highest BCUT2D eigenvalue weighted by Gasteiger charge is 2.25. The average Bonchev–Trinajstić information content (AvgIpc) is 2.54. The maximum Gasteiger partial charge on any atom is 0.243 e. The van der Waals surface area contributed by atoms with Crippen molar-refractivity contribution in [2.75, 3.05) is 0 Å². The molecule has 7 nitrogen and oxygen atoms in total. The molecule has 0 spiro atoms. The first-order chi connectivity index (χ1) is 11.8. The molecule has 0 aliphatic heterocycles. The summed E-state index contributed by atoms with van der Waals surface area (Å²) in [5, 5.41) is 13.4. The molecule has 0 aliphatic rings. The molecule has 1 rings (SSSR count). The van der Waals surface area contributed by atoms with E-state index in [1.165, 1.54) is 25.1 Å². The molecule has 25 heavy (non-hydrogen) atoms. The van der Waals surface area contributed by atoms with Crippen LogP contribution in [0.1, 0.15) is 31.7 Å². The van der Waals surface area contributed by atoms with E-state index in [-0.39, 0.29) is 24.8 Å². The molecule has 134 valence electrons. The van der Waals surface area contributed by atoms with Gasteiger partial charge in [-0.25, -0.2) is 4.39 Å². The van der Waals surface area contributed by atoms with Gasteiger partial charge in [-0.2, -0.15) is 5.26 Å². The van der Waals surface area contributed by atoms with Gasteiger partial charge in [0.2, 0.25) is 17.7 Å². The lowest BCUT2D eigenvalue weighted by Gasteiger charge is -2.21. The highest BCUT2D eigenvalue weighted by molar-refractivity contribution is 5.91. The Morgan fingerprint density at radius 1 is 1.24 bits per heavy atom. The first-order valence-electron chi connectivity index (χ1n) is 7.82. The molecule has 1 aromatic carbocycles. The lowest BCUT2D eigenvalue weighted by Crippen LogP contribution is -2.53. The number of primary amides is 1. The van der Waals surface area contributed by atoms with Crippen molar-refractivity contribution in [2.45, 2.75) is 44.7 Å². The van der Waals surface area contributed by atoms with Crippen molar-refractivity contribution in [3.05, 3.63) is 35.6 Å². The fourth-order valence-electron chi connectivity index (χ4n) is 2.28. The molecular weight excluding hydrogens is 327 g/mol. The minimum absolute atomic E-state index is 0.0677. The Kier molecular flexibility index (Phi) is 8.06. The van der Waals surface area contributed by atoms with Gasteiger partial charge in [0.15, 0.2) is 0 Å². The number of unbranched alkanes of at least 4 members (excludes halogenated alkanes) is 1. The molecule has 0 saturated carbocycles. The minimum Gasteiger partial charge on any atom is -0.368 e. The lowest BCUT2D eigenvalue weighted by molar-refractivity contribution is -0.130. The van der Waals surface area contributed by atoms with Crippen molar-refractivity contribution in [1.29, 1.82) is 5.26 Å².